The summed E-state index contributed by atoms with van der Waals surface area (Å²) in [5.74, 6) is 1.57. The summed E-state index contributed by atoms with van der Waals surface area (Å²) >= 11 is 0. The molecule has 1 aliphatic heterocycles. The summed E-state index contributed by atoms with van der Waals surface area (Å²) in [7, 11) is 0. The van der Waals surface area contributed by atoms with Crippen LogP contribution < -0.4 is 20.5 Å². The molecule has 2 aromatic rings. The van der Waals surface area contributed by atoms with Crippen LogP contribution in [0.15, 0.2) is 47.5 Å². The summed E-state index contributed by atoms with van der Waals surface area (Å²) in [5.41, 5.74) is 7.75. The summed E-state index contributed by atoms with van der Waals surface area (Å²) < 4.78 is 24.8. The number of rotatable bonds is 4. The molecule has 7 heteroatoms. The van der Waals surface area contributed by atoms with Crippen molar-refractivity contribution < 1.29 is 13.9 Å². The molecule has 1 aliphatic carbocycles. The Labute approximate surface area is 175 Å². The van der Waals surface area contributed by atoms with E-state index in [1.807, 2.05) is 24.3 Å². The Hall–Kier alpha value is -2.03. The molecule has 2 aliphatic rings. The predicted octanol–water partition coefficient (Wildman–Crippen LogP) is 4.06. The lowest BCUT2D eigenvalue weighted by Gasteiger charge is -2.14. The van der Waals surface area contributed by atoms with Gasteiger partial charge in [-0.05, 0) is 42.7 Å². The summed E-state index contributed by atoms with van der Waals surface area (Å²) in [4.78, 5) is 4.48. The van der Waals surface area contributed by atoms with Crippen LogP contribution in [0.3, 0.4) is 0 Å². The zero-order valence-electron chi connectivity index (χ0n) is 14.9. The largest absolute Gasteiger partial charge is 0.490 e. The zero-order valence-corrected chi connectivity index (χ0v) is 17.2. The Morgan fingerprint density at radius 2 is 1.89 bits per heavy atom. The van der Waals surface area contributed by atoms with Gasteiger partial charge in [0.15, 0.2) is 17.5 Å². The fourth-order valence-electron chi connectivity index (χ4n) is 3.17. The molecule has 0 unspecified atom stereocenters. The second kappa shape index (κ2) is 8.33. The highest BCUT2D eigenvalue weighted by atomic mass is 127. The van der Waals surface area contributed by atoms with Gasteiger partial charge in [-0.3, -0.25) is 4.99 Å². The number of guanidine groups is 1. The van der Waals surface area contributed by atoms with Gasteiger partial charge < -0.3 is 20.5 Å². The van der Waals surface area contributed by atoms with Gasteiger partial charge in [0, 0.05) is 23.6 Å². The molecule has 0 amide bonds. The lowest BCUT2D eigenvalue weighted by Crippen LogP contribution is -2.25. The van der Waals surface area contributed by atoms with Gasteiger partial charge in [-0.25, -0.2) is 4.39 Å². The predicted molar refractivity (Wildman–Crippen MR) is 115 cm³/mol. The normalized spacial score (nSPS) is 17.4. The van der Waals surface area contributed by atoms with Gasteiger partial charge in [-0.1, -0.05) is 12.1 Å². The molecule has 2 aromatic carbocycles. The van der Waals surface area contributed by atoms with Gasteiger partial charge in [0.05, 0.1) is 19.8 Å². The molecule has 5 nitrogen and oxygen atoms in total. The van der Waals surface area contributed by atoms with Gasteiger partial charge in [-0.2, -0.15) is 0 Å². The standard InChI is InChI=1S/C20H22FN3O2.HI/c21-15-4-1-3-14(11-15)20(7-8-20)13-23-19(22)24-16-5-6-17-18(12-16)26-10-2-9-25-17;/h1,3-6,11-12H,2,7-10,13H2,(H3,22,23,24);1H. The molecule has 0 bridgehead atoms. The van der Waals surface area contributed by atoms with Crippen molar-refractivity contribution in [2.24, 2.45) is 10.7 Å². The number of hydrogen-bond donors (Lipinski definition) is 2. The first-order valence-corrected chi connectivity index (χ1v) is 8.87. The van der Waals surface area contributed by atoms with Crippen molar-refractivity contribution in [1.82, 2.24) is 0 Å². The molecule has 1 heterocycles. The van der Waals surface area contributed by atoms with E-state index in [2.05, 4.69) is 10.3 Å². The average Bonchev–Trinajstić information content (AvgIpc) is 3.44. The van der Waals surface area contributed by atoms with E-state index in [1.165, 1.54) is 6.07 Å². The number of ether oxygens (including phenoxy) is 2. The number of nitrogens with zero attached hydrogens (tertiary/aromatic N) is 1. The summed E-state index contributed by atoms with van der Waals surface area (Å²) in [6, 6.07) is 12.4. The van der Waals surface area contributed by atoms with Crippen molar-refractivity contribution in [2.45, 2.75) is 24.7 Å². The van der Waals surface area contributed by atoms with Gasteiger partial charge in [0.1, 0.15) is 5.82 Å². The molecule has 27 heavy (non-hydrogen) atoms. The molecule has 3 N–H and O–H groups in total. The topological polar surface area (TPSA) is 68.9 Å². The number of benzene rings is 2. The van der Waals surface area contributed by atoms with Gasteiger partial charge >= 0.3 is 0 Å². The molecule has 0 saturated heterocycles. The van der Waals surface area contributed by atoms with Crippen molar-refractivity contribution in [3.05, 3.63) is 53.8 Å². The molecule has 1 fully saturated rings. The minimum Gasteiger partial charge on any atom is -0.490 e. The van der Waals surface area contributed by atoms with Crippen LogP contribution in [0.25, 0.3) is 0 Å². The highest BCUT2D eigenvalue weighted by Gasteiger charge is 2.44. The highest BCUT2D eigenvalue weighted by Crippen LogP contribution is 2.48. The first-order chi connectivity index (χ1) is 12.6. The SMILES string of the molecule is I.NC(=NCC1(c2cccc(F)c2)CC1)Nc1ccc2c(c1)OCCCO2. The maximum Gasteiger partial charge on any atom is 0.193 e. The van der Waals surface area contributed by atoms with E-state index < -0.39 is 0 Å². The lowest BCUT2D eigenvalue weighted by atomic mass is 9.96. The molecule has 144 valence electrons. The number of anilines is 1. The fraction of sp³-hybridized carbons (Fsp3) is 0.350. The number of hydrogen-bond acceptors (Lipinski definition) is 3. The van der Waals surface area contributed by atoms with E-state index in [-0.39, 0.29) is 35.2 Å². The number of halogens is 2. The van der Waals surface area contributed by atoms with Crippen molar-refractivity contribution in [3.8, 4) is 11.5 Å². The van der Waals surface area contributed by atoms with Gasteiger partial charge in [0.25, 0.3) is 0 Å². The molecule has 4 rings (SSSR count). The Bertz CT molecular complexity index is 840. The molecule has 0 atom stereocenters. The molecule has 1 saturated carbocycles. The smallest absolute Gasteiger partial charge is 0.193 e. The zero-order chi connectivity index (χ0) is 18.0. The Morgan fingerprint density at radius 3 is 2.63 bits per heavy atom. The lowest BCUT2D eigenvalue weighted by molar-refractivity contribution is 0.297. The van der Waals surface area contributed by atoms with Crippen LogP contribution in [-0.2, 0) is 5.41 Å². The number of nitrogens with two attached hydrogens (primary N) is 1. The van der Waals surface area contributed by atoms with E-state index >= 15 is 0 Å². The van der Waals surface area contributed by atoms with E-state index in [9.17, 15) is 4.39 Å². The second-order valence-electron chi connectivity index (χ2n) is 6.83. The number of fused-ring (bicyclic) bond motifs is 1. The van der Waals surface area contributed by atoms with E-state index in [1.54, 1.807) is 12.1 Å². The van der Waals surface area contributed by atoms with E-state index in [0.717, 1.165) is 36.3 Å². The van der Waals surface area contributed by atoms with E-state index in [0.29, 0.717) is 31.5 Å². The third-order valence-electron chi connectivity index (χ3n) is 4.86. The molecular weight excluding hydrogens is 460 g/mol. The molecular formula is C20H23FIN3O2. The maximum absolute atomic E-state index is 13.5. The van der Waals surface area contributed by atoms with Crippen molar-refractivity contribution in [2.75, 3.05) is 25.1 Å². The van der Waals surface area contributed by atoms with Crippen LogP contribution in [-0.4, -0.2) is 25.7 Å². The minimum absolute atomic E-state index is 0. The molecule has 0 aromatic heterocycles. The van der Waals surface area contributed by atoms with Crippen LogP contribution in [0.5, 0.6) is 11.5 Å². The first-order valence-electron chi connectivity index (χ1n) is 8.87. The van der Waals surface area contributed by atoms with Crippen LogP contribution in [0, 0.1) is 5.82 Å². The number of aliphatic imine (C=N–C) groups is 1. The average molecular weight is 483 g/mol. The quantitative estimate of drug-likeness (QED) is 0.391. The Balaban J connectivity index is 0.00000210. The van der Waals surface area contributed by atoms with Crippen LogP contribution >= 0.6 is 24.0 Å². The molecule has 0 radical (unpaired) electrons. The van der Waals surface area contributed by atoms with Crippen LogP contribution in [0.1, 0.15) is 24.8 Å². The summed E-state index contributed by atoms with van der Waals surface area (Å²) in [6.45, 7) is 1.83. The highest BCUT2D eigenvalue weighted by molar-refractivity contribution is 14.0. The first kappa shape index (κ1) is 19.7. The van der Waals surface area contributed by atoms with Crippen molar-refractivity contribution in [1.29, 1.82) is 0 Å². The maximum atomic E-state index is 13.5. The van der Waals surface area contributed by atoms with E-state index in [4.69, 9.17) is 15.2 Å². The van der Waals surface area contributed by atoms with Gasteiger partial charge in [0.2, 0.25) is 0 Å². The monoisotopic (exact) mass is 483 g/mol. The third kappa shape index (κ3) is 4.63. The second-order valence-corrected chi connectivity index (χ2v) is 6.83. The number of nitrogens with one attached hydrogen (secondary N) is 1. The minimum atomic E-state index is -0.212. The fourth-order valence-corrected chi connectivity index (χ4v) is 3.17. The van der Waals surface area contributed by atoms with Crippen molar-refractivity contribution >= 4 is 35.6 Å². The molecule has 0 spiro atoms. The van der Waals surface area contributed by atoms with Crippen LogP contribution in [0.4, 0.5) is 10.1 Å². The Kier molecular flexibility index (Phi) is 6.08. The summed E-state index contributed by atoms with van der Waals surface area (Å²) in [6.07, 6.45) is 2.86. The van der Waals surface area contributed by atoms with Gasteiger partial charge in [-0.15, -0.1) is 24.0 Å². The summed E-state index contributed by atoms with van der Waals surface area (Å²) in [5, 5.41) is 3.09. The Morgan fingerprint density at radius 1 is 1.11 bits per heavy atom. The van der Waals surface area contributed by atoms with Crippen LogP contribution in [0.2, 0.25) is 0 Å². The van der Waals surface area contributed by atoms with Crippen molar-refractivity contribution in [3.63, 3.8) is 0 Å². The third-order valence-corrected chi connectivity index (χ3v) is 4.86.